The molecule has 0 unspecified atom stereocenters. The standard InChI is InChI=1S/C21H20Cl2N4OS/c1-12-17(13(2)27(3)26-12)10-14-4-7-16(8-5-14)24-21(29)25-20(28)18-11-15(22)6-9-19(18)23/h4-9,11H,10H2,1-3H3,(H2,24,25,28,29). The Kier molecular flexibility index (Phi) is 6.57. The van der Waals surface area contributed by atoms with Crippen LogP contribution in [0.5, 0.6) is 0 Å². The van der Waals surface area contributed by atoms with Crippen molar-refractivity contribution < 1.29 is 4.79 Å². The summed E-state index contributed by atoms with van der Waals surface area (Å²) in [5.41, 5.74) is 5.63. The quantitative estimate of drug-likeness (QED) is 0.549. The number of halogens is 2. The molecule has 3 rings (SSSR count). The van der Waals surface area contributed by atoms with Gasteiger partial charge in [-0.3, -0.25) is 14.8 Å². The Labute approximate surface area is 185 Å². The van der Waals surface area contributed by atoms with Gasteiger partial charge in [0.15, 0.2) is 5.11 Å². The molecule has 0 atom stereocenters. The van der Waals surface area contributed by atoms with Crippen LogP contribution < -0.4 is 10.6 Å². The van der Waals surface area contributed by atoms with E-state index in [0.717, 1.165) is 29.1 Å². The third-order valence-electron chi connectivity index (χ3n) is 4.65. The Balaban J connectivity index is 1.62. The number of aryl methyl sites for hydroxylation is 2. The molecule has 0 saturated heterocycles. The minimum atomic E-state index is -0.422. The van der Waals surface area contributed by atoms with Crippen LogP contribution in [-0.4, -0.2) is 20.8 Å². The lowest BCUT2D eigenvalue weighted by atomic mass is 10.0. The molecule has 0 fully saturated rings. The number of hydrogen-bond acceptors (Lipinski definition) is 3. The van der Waals surface area contributed by atoms with Gasteiger partial charge in [-0.1, -0.05) is 35.3 Å². The van der Waals surface area contributed by atoms with Crippen LogP contribution in [0.2, 0.25) is 10.0 Å². The molecule has 2 aromatic carbocycles. The van der Waals surface area contributed by atoms with Crippen molar-refractivity contribution in [2.75, 3.05) is 5.32 Å². The second-order valence-electron chi connectivity index (χ2n) is 6.68. The van der Waals surface area contributed by atoms with Gasteiger partial charge in [-0.15, -0.1) is 0 Å². The summed E-state index contributed by atoms with van der Waals surface area (Å²) in [6, 6.07) is 12.6. The number of thiocarbonyl (C=S) groups is 1. The topological polar surface area (TPSA) is 59.0 Å². The van der Waals surface area contributed by atoms with E-state index in [1.807, 2.05) is 42.9 Å². The Hall–Kier alpha value is -2.41. The molecule has 3 aromatic rings. The van der Waals surface area contributed by atoms with Crippen molar-refractivity contribution in [1.29, 1.82) is 0 Å². The third kappa shape index (κ3) is 5.15. The van der Waals surface area contributed by atoms with E-state index in [1.165, 1.54) is 11.6 Å². The Morgan fingerprint density at radius 3 is 2.45 bits per heavy atom. The molecule has 150 valence electrons. The number of hydrogen-bond donors (Lipinski definition) is 2. The third-order valence-corrected chi connectivity index (χ3v) is 5.42. The number of nitrogens with one attached hydrogen (secondary N) is 2. The fourth-order valence-corrected chi connectivity index (χ4v) is 3.57. The molecule has 0 aliphatic heterocycles. The normalized spacial score (nSPS) is 10.7. The molecule has 0 bridgehead atoms. The molecule has 1 amide bonds. The number of aromatic nitrogens is 2. The van der Waals surface area contributed by atoms with Crippen LogP contribution in [-0.2, 0) is 13.5 Å². The van der Waals surface area contributed by atoms with Crippen LogP contribution in [0.3, 0.4) is 0 Å². The number of benzene rings is 2. The highest BCUT2D eigenvalue weighted by Crippen LogP contribution is 2.21. The van der Waals surface area contributed by atoms with Crippen molar-refractivity contribution in [3.8, 4) is 0 Å². The molecular formula is C21H20Cl2N4OS. The van der Waals surface area contributed by atoms with Crippen molar-refractivity contribution in [2.45, 2.75) is 20.3 Å². The summed E-state index contributed by atoms with van der Waals surface area (Å²) in [7, 11) is 1.95. The van der Waals surface area contributed by atoms with Crippen LogP contribution in [0.4, 0.5) is 5.69 Å². The van der Waals surface area contributed by atoms with Gasteiger partial charge in [-0.2, -0.15) is 5.10 Å². The molecule has 2 N–H and O–H groups in total. The minimum Gasteiger partial charge on any atom is -0.332 e. The van der Waals surface area contributed by atoms with Crippen molar-refractivity contribution in [3.63, 3.8) is 0 Å². The SMILES string of the molecule is Cc1nn(C)c(C)c1Cc1ccc(NC(=S)NC(=O)c2cc(Cl)ccc2Cl)cc1. The predicted octanol–water partition coefficient (Wildman–Crippen LogP) is 5.06. The van der Waals surface area contributed by atoms with Gasteiger partial charge in [-0.25, -0.2) is 0 Å². The van der Waals surface area contributed by atoms with E-state index in [1.54, 1.807) is 12.1 Å². The Bertz CT molecular complexity index is 1080. The van der Waals surface area contributed by atoms with E-state index < -0.39 is 5.91 Å². The van der Waals surface area contributed by atoms with Crippen molar-refractivity contribution in [2.24, 2.45) is 7.05 Å². The predicted molar refractivity (Wildman–Crippen MR) is 122 cm³/mol. The van der Waals surface area contributed by atoms with Gasteiger partial charge in [-0.05, 0) is 62.0 Å². The van der Waals surface area contributed by atoms with E-state index in [9.17, 15) is 4.79 Å². The molecule has 1 aromatic heterocycles. The maximum Gasteiger partial charge on any atom is 0.258 e. The van der Waals surface area contributed by atoms with E-state index in [4.69, 9.17) is 35.4 Å². The highest BCUT2D eigenvalue weighted by Gasteiger charge is 2.13. The average Bonchev–Trinajstić information content (AvgIpc) is 2.91. The van der Waals surface area contributed by atoms with Gasteiger partial charge in [0, 0.05) is 35.4 Å². The first-order valence-electron chi connectivity index (χ1n) is 8.90. The monoisotopic (exact) mass is 446 g/mol. The summed E-state index contributed by atoms with van der Waals surface area (Å²) in [6.07, 6.45) is 0.806. The summed E-state index contributed by atoms with van der Waals surface area (Å²) in [4.78, 5) is 12.4. The van der Waals surface area contributed by atoms with E-state index in [0.29, 0.717) is 10.0 Å². The highest BCUT2D eigenvalue weighted by molar-refractivity contribution is 7.80. The lowest BCUT2D eigenvalue weighted by Crippen LogP contribution is -2.34. The molecule has 0 radical (unpaired) electrons. The molecule has 29 heavy (non-hydrogen) atoms. The van der Waals surface area contributed by atoms with Crippen LogP contribution in [0.15, 0.2) is 42.5 Å². The summed E-state index contributed by atoms with van der Waals surface area (Å²) < 4.78 is 1.90. The maximum absolute atomic E-state index is 12.4. The van der Waals surface area contributed by atoms with Crippen LogP contribution >= 0.6 is 35.4 Å². The maximum atomic E-state index is 12.4. The van der Waals surface area contributed by atoms with Gasteiger partial charge < -0.3 is 5.32 Å². The van der Waals surface area contributed by atoms with E-state index in [-0.39, 0.29) is 10.7 Å². The summed E-state index contributed by atoms with van der Waals surface area (Å²) in [5, 5.41) is 11.0. The van der Waals surface area contributed by atoms with Crippen LogP contribution in [0.1, 0.15) is 32.9 Å². The fourth-order valence-electron chi connectivity index (χ4n) is 2.99. The highest BCUT2D eigenvalue weighted by atomic mass is 35.5. The largest absolute Gasteiger partial charge is 0.332 e. The molecule has 0 saturated carbocycles. The number of carbonyl (C=O) groups excluding carboxylic acids is 1. The number of nitrogens with zero attached hydrogens (tertiary/aromatic N) is 2. The Morgan fingerprint density at radius 2 is 1.83 bits per heavy atom. The van der Waals surface area contributed by atoms with E-state index >= 15 is 0 Å². The smallest absolute Gasteiger partial charge is 0.258 e. The number of amides is 1. The van der Waals surface area contributed by atoms with E-state index in [2.05, 4.69) is 22.7 Å². The lowest BCUT2D eigenvalue weighted by molar-refractivity contribution is 0.0978. The average molecular weight is 447 g/mol. The van der Waals surface area contributed by atoms with Crippen molar-refractivity contribution >= 4 is 52.1 Å². The van der Waals surface area contributed by atoms with Crippen molar-refractivity contribution in [1.82, 2.24) is 15.1 Å². The molecule has 5 nitrogen and oxygen atoms in total. The molecule has 0 aliphatic carbocycles. The second kappa shape index (κ2) is 8.95. The molecule has 0 spiro atoms. The van der Waals surface area contributed by atoms with Gasteiger partial charge in [0.25, 0.3) is 5.91 Å². The molecule has 8 heteroatoms. The molecule has 1 heterocycles. The zero-order valence-electron chi connectivity index (χ0n) is 16.2. The summed E-state index contributed by atoms with van der Waals surface area (Å²) >= 11 is 17.2. The first-order chi connectivity index (χ1) is 13.7. The zero-order chi connectivity index (χ0) is 21.1. The number of anilines is 1. The fraction of sp³-hybridized carbons (Fsp3) is 0.190. The van der Waals surface area contributed by atoms with Gasteiger partial charge in [0.1, 0.15) is 0 Å². The zero-order valence-corrected chi connectivity index (χ0v) is 18.5. The number of rotatable bonds is 4. The molecule has 0 aliphatic rings. The summed E-state index contributed by atoms with van der Waals surface area (Å²) in [6.45, 7) is 4.09. The Morgan fingerprint density at radius 1 is 1.14 bits per heavy atom. The van der Waals surface area contributed by atoms with Gasteiger partial charge in [0.05, 0.1) is 16.3 Å². The van der Waals surface area contributed by atoms with Crippen molar-refractivity contribution in [3.05, 3.63) is 80.6 Å². The van der Waals surface area contributed by atoms with Crippen LogP contribution in [0.25, 0.3) is 0 Å². The van der Waals surface area contributed by atoms with Gasteiger partial charge >= 0.3 is 0 Å². The first kappa shape index (κ1) is 21.3. The van der Waals surface area contributed by atoms with Gasteiger partial charge in [0.2, 0.25) is 0 Å². The minimum absolute atomic E-state index is 0.178. The molecular weight excluding hydrogens is 427 g/mol. The summed E-state index contributed by atoms with van der Waals surface area (Å²) in [5.74, 6) is -0.422. The van der Waals surface area contributed by atoms with Crippen LogP contribution in [0, 0.1) is 13.8 Å². The first-order valence-corrected chi connectivity index (χ1v) is 10.1. The lowest BCUT2D eigenvalue weighted by Gasteiger charge is -2.11. The number of carbonyl (C=O) groups is 1. The second-order valence-corrected chi connectivity index (χ2v) is 7.93.